The molecule has 1 aliphatic rings. The van der Waals surface area contributed by atoms with Crippen molar-refractivity contribution in [3.63, 3.8) is 0 Å². The van der Waals surface area contributed by atoms with Crippen molar-refractivity contribution in [2.75, 3.05) is 6.54 Å². The van der Waals surface area contributed by atoms with Crippen LogP contribution in [0.15, 0.2) is 24.3 Å². The van der Waals surface area contributed by atoms with Gasteiger partial charge in [-0.05, 0) is 37.5 Å². The molecule has 88 valence electrons. The minimum Gasteiger partial charge on any atom is -0.508 e. The quantitative estimate of drug-likeness (QED) is 0.705. The normalized spacial score (nSPS) is 19.4. The van der Waals surface area contributed by atoms with Gasteiger partial charge in [-0.1, -0.05) is 12.1 Å². The van der Waals surface area contributed by atoms with Gasteiger partial charge < -0.3 is 15.5 Å². The number of nitrogens with one attached hydrogen (secondary N) is 1. The largest absolute Gasteiger partial charge is 0.508 e. The molecule has 1 fully saturated rings. The lowest BCUT2D eigenvalue weighted by molar-refractivity contribution is 0.0597. The minimum absolute atomic E-state index is 0.263. The van der Waals surface area contributed by atoms with Crippen LogP contribution in [-0.4, -0.2) is 28.4 Å². The second kappa shape index (κ2) is 4.44. The molecule has 1 aliphatic carbocycles. The van der Waals surface area contributed by atoms with Gasteiger partial charge in [0.05, 0.1) is 5.60 Å². The van der Waals surface area contributed by atoms with E-state index in [2.05, 4.69) is 5.32 Å². The minimum atomic E-state index is -0.723. The Kier molecular flexibility index (Phi) is 3.17. The summed E-state index contributed by atoms with van der Waals surface area (Å²) in [6, 6.07) is 7.62. The van der Waals surface area contributed by atoms with Crippen LogP contribution in [0.3, 0.4) is 0 Å². The third-order valence-corrected chi connectivity index (χ3v) is 2.87. The molecule has 1 unspecified atom stereocenters. The summed E-state index contributed by atoms with van der Waals surface area (Å²) in [5, 5.41) is 22.7. The van der Waals surface area contributed by atoms with Gasteiger partial charge in [-0.2, -0.15) is 0 Å². The zero-order chi connectivity index (χ0) is 11.6. The maximum Gasteiger partial charge on any atom is 0.115 e. The third kappa shape index (κ3) is 3.51. The van der Waals surface area contributed by atoms with Gasteiger partial charge in [-0.3, -0.25) is 0 Å². The first-order chi connectivity index (χ1) is 7.55. The molecular weight excluding hydrogens is 202 g/mol. The fraction of sp³-hybridized carbons (Fsp3) is 0.538. The first-order valence-electron chi connectivity index (χ1n) is 5.79. The van der Waals surface area contributed by atoms with Gasteiger partial charge in [0.25, 0.3) is 0 Å². The van der Waals surface area contributed by atoms with E-state index in [1.807, 2.05) is 19.1 Å². The van der Waals surface area contributed by atoms with Crippen LogP contribution in [0.4, 0.5) is 0 Å². The van der Waals surface area contributed by atoms with Crippen LogP contribution in [0.25, 0.3) is 0 Å². The van der Waals surface area contributed by atoms with Crippen LogP contribution < -0.4 is 5.32 Å². The Labute approximate surface area is 96.1 Å². The molecule has 1 aromatic carbocycles. The molecule has 0 saturated heterocycles. The van der Waals surface area contributed by atoms with Crippen molar-refractivity contribution in [1.82, 2.24) is 5.32 Å². The zero-order valence-electron chi connectivity index (χ0n) is 9.61. The SMILES string of the molecule is CC(O)(CNC1CC1)Cc1ccc(O)cc1. The van der Waals surface area contributed by atoms with Gasteiger partial charge in [0.15, 0.2) is 0 Å². The molecule has 2 rings (SSSR count). The summed E-state index contributed by atoms with van der Waals surface area (Å²) < 4.78 is 0. The number of hydrogen-bond donors (Lipinski definition) is 3. The summed E-state index contributed by atoms with van der Waals surface area (Å²) in [6.45, 7) is 2.47. The molecule has 1 atom stereocenters. The molecule has 0 radical (unpaired) electrons. The highest BCUT2D eigenvalue weighted by Crippen LogP contribution is 2.21. The summed E-state index contributed by atoms with van der Waals surface area (Å²) in [5.41, 5.74) is 0.319. The van der Waals surface area contributed by atoms with Crippen molar-refractivity contribution in [1.29, 1.82) is 0 Å². The number of hydrogen-bond acceptors (Lipinski definition) is 3. The van der Waals surface area contributed by atoms with E-state index in [0.29, 0.717) is 19.0 Å². The van der Waals surface area contributed by atoms with E-state index in [1.54, 1.807) is 12.1 Å². The molecule has 0 spiro atoms. The molecule has 0 heterocycles. The Morgan fingerprint density at radius 1 is 1.31 bits per heavy atom. The van der Waals surface area contributed by atoms with Crippen LogP contribution in [-0.2, 0) is 6.42 Å². The summed E-state index contributed by atoms with van der Waals surface area (Å²) >= 11 is 0. The lowest BCUT2D eigenvalue weighted by Crippen LogP contribution is -2.40. The Hall–Kier alpha value is -1.06. The fourth-order valence-electron chi connectivity index (χ4n) is 1.77. The molecule has 1 aromatic rings. The maximum absolute atomic E-state index is 10.2. The molecule has 16 heavy (non-hydrogen) atoms. The summed E-state index contributed by atoms with van der Waals surface area (Å²) in [4.78, 5) is 0. The number of aromatic hydroxyl groups is 1. The molecule has 0 aromatic heterocycles. The van der Waals surface area contributed by atoms with Gasteiger partial charge in [0, 0.05) is 19.0 Å². The topological polar surface area (TPSA) is 52.5 Å². The van der Waals surface area contributed by atoms with Crippen molar-refractivity contribution < 1.29 is 10.2 Å². The van der Waals surface area contributed by atoms with Gasteiger partial charge in [-0.15, -0.1) is 0 Å². The van der Waals surface area contributed by atoms with Crippen LogP contribution in [0.2, 0.25) is 0 Å². The van der Waals surface area contributed by atoms with E-state index in [-0.39, 0.29) is 5.75 Å². The van der Waals surface area contributed by atoms with E-state index in [0.717, 1.165) is 5.56 Å². The van der Waals surface area contributed by atoms with Crippen molar-refractivity contribution in [2.24, 2.45) is 0 Å². The first-order valence-corrected chi connectivity index (χ1v) is 5.79. The highest BCUT2D eigenvalue weighted by Gasteiger charge is 2.26. The monoisotopic (exact) mass is 221 g/mol. The van der Waals surface area contributed by atoms with Crippen LogP contribution in [0, 0.1) is 0 Å². The smallest absolute Gasteiger partial charge is 0.115 e. The fourth-order valence-corrected chi connectivity index (χ4v) is 1.77. The lowest BCUT2D eigenvalue weighted by Gasteiger charge is -2.24. The van der Waals surface area contributed by atoms with E-state index in [9.17, 15) is 5.11 Å². The maximum atomic E-state index is 10.2. The second-order valence-corrected chi connectivity index (χ2v) is 5.00. The Morgan fingerprint density at radius 2 is 1.94 bits per heavy atom. The number of rotatable bonds is 5. The van der Waals surface area contributed by atoms with Gasteiger partial charge in [0.2, 0.25) is 0 Å². The van der Waals surface area contributed by atoms with Gasteiger partial charge in [0.1, 0.15) is 5.75 Å². The van der Waals surface area contributed by atoms with E-state index < -0.39 is 5.60 Å². The van der Waals surface area contributed by atoms with Crippen molar-refractivity contribution in [3.05, 3.63) is 29.8 Å². The molecule has 0 bridgehead atoms. The molecule has 3 nitrogen and oxygen atoms in total. The number of phenols is 1. The molecule has 0 aliphatic heterocycles. The summed E-state index contributed by atoms with van der Waals surface area (Å²) in [7, 11) is 0. The van der Waals surface area contributed by atoms with E-state index in [4.69, 9.17) is 5.11 Å². The number of aliphatic hydroxyl groups is 1. The summed E-state index contributed by atoms with van der Waals surface area (Å²) in [6.07, 6.45) is 3.07. The predicted molar refractivity (Wildman–Crippen MR) is 63.5 cm³/mol. The average Bonchev–Trinajstić information content (AvgIpc) is 3.02. The zero-order valence-corrected chi connectivity index (χ0v) is 9.61. The van der Waals surface area contributed by atoms with Crippen LogP contribution >= 0.6 is 0 Å². The Morgan fingerprint density at radius 3 is 2.50 bits per heavy atom. The predicted octanol–water partition coefficient (Wildman–Crippen LogP) is 1.44. The molecule has 3 heteroatoms. The summed E-state index contributed by atoms with van der Waals surface area (Å²) in [5.74, 6) is 0.263. The van der Waals surface area contributed by atoms with Crippen LogP contribution in [0.5, 0.6) is 5.75 Å². The lowest BCUT2D eigenvalue weighted by atomic mass is 9.96. The van der Waals surface area contributed by atoms with Gasteiger partial charge in [-0.25, -0.2) is 0 Å². The highest BCUT2D eigenvalue weighted by molar-refractivity contribution is 5.26. The van der Waals surface area contributed by atoms with Gasteiger partial charge >= 0.3 is 0 Å². The van der Waals surface area contributed by atoms with E-state index >= 15 is 0 Å². The second-order valence-electron chi connectivity index (χ2n) is 5.00. The van der Waals surface area contributed by atoms with Crippen molar-refractivity contribution >= 4 is 0 Å². The standard InChI is InChI=1S/C13H19NO2/c1-13(16,9-14-11-4-5-11)8-10-2-6-12(15)7-3-10/h2-3,6-7,11,14-16H,4-5,8-9H2,1H3. The Balaban J connectivity index is 1.87. The molecule has 3 N–H and O–H groups in total. The van der Waals surface area contributed by atoms with E-state index in [1.165, 1.54) is 12.8 Å². The Bertz CT molecular complexity index is 341. The van der Waals surface area contributed by atoms with Crippen molar-refractivity contribution in [2.45, 2.75) is 37.8 Å². The third-order valence-electron chi connectivity index (χ3n) is 2.87. The molecular formula is C13H19NO2. The number of benzene rings is 1. The van der Waals surface area contributed by atoms with Crippen LogP contribution in [0.1, 0.15) is 25.3 Å². The highest BCUT2D eigenvalue weighted by atomic mass is 16.3. The number of phenolic OH excluding ortho intramolecular Hbond substituents is 1. The molecule has 0 amide bonds. The molecule has 1 saturated carbocycles. The van der Waals surface area contributed by atoms with Crippen molar-refractivity contribution in [3.8, 4) is 5.75 Å². The first kappa shape index (κ1) is 11.4. The average molecular weight is 221 g/mol.